The Balaban J connectivity index is 0.00000280. The number of aryl methyl sites for hydroxylation is 3. The summed E-state index contributed by atoms with van der Waals surface area (Å²) in [6, 6.07) is 4.07. The molecule has 6 nitrogen and oxygen atoms in total. The standard InChI is InChI=1S/C21H29N3O3.ClH/c1-13-7-8-14(2)19-18(13)15(3)20(27-19)21(26)24-11-5-4-6-16(24)12-23-17(25)9-10-22;/h7-8,16H,4-6,9-12,22H2,1-3H3,(H,23,25);1H. The fourth-order valence-corrected chi connectivity index (χ4v) is 3.94. The van der Waals surface area contributed by atoms with Gasteiger partial charge in [-0.15, -0.1) is 12.4 Å². The average molecular weight is 408 g/mol. The van der Waals surface area contributed by atoms with Crippen LogP contribution in [0.3, 0.4) is 0 Å². The summed E-state index contributed by atoms with van der Waals surface area (Å²) in [6.07, 6.45) is 3.21. The third-order valence-electron chi connectivity index (χ3n) is 5.47. The number of fused-ring (bicyclic) bond motifs is 1. The number of nitrogens with two attached hydrogens (primary N) is 1. The van der Waals surface area contributed by atoms with Gasteiger partial charge in [-0.3, -0.25) is 9.59 Å². The van der Waals surface area contributed by atoms with E-state index in [1.165, 1.54) is 0 Å². The largest absolute Gasteiger partial charge is 0.450 e. The number of nitrogens with zero attached hydrogens (tertiary/aromatic N) is 1. The molecule has 0 radical (unpaired) electrons. The van der Waals surface area contributed by atoms with Gasteiger partial charge in [0.25, 0.3) is 5.91 Å². The summed E-state index contributed by atoms with van der Waals surface area (Å²) in [4.78, 5) is 26.9. The van der Waals surface area contributed by atoms with Crippen LogP contribution < -0.4 is 11.1 Å². The smallest absolute Gasteiger partial charge is 0.290 e. The Hall–Kier alpha value is -2.05. The first-order chi connectivity index (χ1) is 12.9. The molecule has 0 saturated carbocycles. The van der Waals surface area contributed by atoms with E-state index in [4.69, 9.17) is 10.2 Å². The van der Waals surface area contributed by atoms with Crippen LogP contribution in [0.4, 0.5) is 0 Å². The van der Waals surface area contributed by atoms with Crippen LogP contribution in [0.2, 0.25) is 0 Å². The number of carbonyl (C=O) groups excluding carboxylic acids is 2. The third-order valence-corrected chi connectivity index (χ3v) is 5.47. The van der Waals surface area contributed by atoms with Gasteiger partial charge in [0.2, 0.25) is 5.91 Å². The van der Waals surface area contributed by atoms with E-state index < -0.39 is 0 Å². The zero-order chi connectivity index (χ0) is 19.6. The first kappa shape index (κ1) is 22.2. The Labute approximate surface area is 172 Å². The number of rotatable bonds is 5. The molecule has 1 aromatic carbocycles. The van der Waals surface area contributed by atoms with Crippen molar-refractivity contribution in [1.29, 1.82) is 0 Å². The van der Waals surface area contributed by atoms with Crippen molar-refractivity contribution in [1.82, 2.24) is 10.2 Å². The minimum atomic E-state index is -0.0831. The van der Waals surface area contributed by atoms with E-state index in [1.807, 2.05) is 31.7 Å². The van der Waals surface area contributed by atoms with Crippen LogP contribution in [0.15, 0.2) is 16.5 Å². The van der Waals surface area contributed by atoms with E-state index >= 15 is 0 Å². The van der Waals surface area contributed by atoms with Crippen LogP contribution in [-0.2, 0) is 4.79 Å². The van der Waals surface area contributed by atoms with Crippen LogP contribution in [0.1, 0.15) is 52.9 Å². The molecule has 1 aromatic heterocycles. The summed E-state index contributed by atoms with van der Waals surface area (Å²) in [5.74, 6) is 0.268. The number of nitrogens with one attached hydrogen (secondary N) is 1. The van der Waals surface area contributed by atoms with Gasteiger partial charge >= 0.3 is 0 Å². The van der Waals surface area contributed by atoms with Gasteiger partial charge in [0, 0.05) is 43.0 Å². The van der Waals surface area contributed by atoms with E-state index in [1.54, 1.807) is 0 Å². The van der Waals surface area contributed by atoms with E-state index in [-0.39, 0.29) is 30.3 Å². The highest BCUT2D eigenvalue weighted by Crippen LogP contribution is 2.32. The van der Waals surface area contributed by atoms with Crippen LogP contribution in [0, 0.1) is 20.8 Å². The summed E-state index contributed by atoms with van der Waals surface area (Å²) in [5, 5.41) is 3.94. The molecule has 1 fully saturated rings. The summed E-state index contributed by atoms with van der Waals surface area (Å²) in [7, 11) is 0. The average Bonchev–Trinajstić information content (AvgIpc) is 3.02. The van der Waals surface area contributed by atoms with Crippen molar-refractivity contribution < 1.29 is 14.0 Å². The molecular formula is C21H30ClN3O3. The second-order valence-electron chi connectivity index (χ2n) is 7.45. The molecule has 7 heteroatoms. The first-order valence-electron chi connectivity index (χ1n) is 9.71. The molecule has 3 rings (SSSR count). The van der Waals surface area contributed by atoms with Crippen LogP contribution in [0.5, 0.6) is 0 Å². The van der Waals surface area contributed by atoms with Gasteiger partial charge in [-0.05, 0) is 51.2 Å². The van der Waals surface area contributed by atoms with Crippen molar-refractivity contribution in [2.24, 2.45) is 5.73 Å². The first-order valence-corrected chi connectivity index (χ1v) is 9.71. The second-order valence-corrected chi connectivity index (χ2v) is 7.45. The molecule has 154 valence electrons. The lowest BCUT2D eigenvalue weighted by molar-refractivity contribution is -0.121. The van der Waals surface area contributed by atoms with Crippen LogP contribution in [0.25, 0.3) is 11.0 Å². The molecule has 1 aliphatic rings. The topological polar surface area (TPSA) is 88.6 Å². The second kappa shape index (κ2) is 9.43. The van der Waals surface area contributed by atoms with Crippen molar-refractivity contribution >= 4 is 35.2 Å². The molecule has 2 aromatic rings. The Bertz CT molecular complexity index is 862. The van der Waals surface area contributed by atoms with Crippen LogP contribution >= 0.6 is 12.4 Å². The van der Waals surface area contributed by atoms with E-state index in [9.17, 15) is 9.59 Å². The predicted octanol–water partition coefficient (Wildman–Crippen LogP) is 3.24. The molecule has 1 aliphatic heterocycles. The molecule has 3 N–H and O–H groups in total. The number of benzene rings is 1. The zero-order valence-corrected chi connectivity index (χ0v) is 17.7. The van der Waals surface area contributed by atoms with Crippen LogP contribution in [-0.4, -0.2) is 42.4 Å². The molecule has 1 atom stereocenters. The number of halogens is 1. The molecule has 1 saturated heterocycles. The summed E-state index contributed by atoms with van der Waals surface area (Å²) in [6.45, 7) is 7.46. The Morgan fingerprint density at radius 1 is 1.21 bits per heavy atom. The van der Waals surface area contributed by atoms with Gasteiger partial charge in [0.05, 0.1) is 0 Å². The van der Waals surface area contributed by atoms with Crippen molar-refractivity contribution in [3.05, 3.63) is 34.6 Å². The Kier molecular flexibility index (Phi) is 7.49. The summed E-state index contributed by atoms with van der Waals surface area (Å²) >= 11 is 0. The van der Waals surface area contributed by atoms with E-state index in [0.29, 0.717) is 31.8 Å². The maximum atomic E-state index is 13.3. The number of furan rings is 1. The highest BCUT2D eigenvalue weighted by atomic mass is 35.5. The quantitative estimate of drug-likeness (QED) is 0.796. The number of hydrogen-bond acceptors (Lipinski definition) is 4. The Morgan fingerprint density at radius 2 is 1.93 bits per heavy atom. The highest BCUT2D eigenvalue weighted by Gasteiger charge is 2.31. The van der Waals surface area contributed by atoms with Gasteiger partial charge in [-0.25, -0.2) is 0 Å². The highest BCUT2D eigenvalue weighted by molar-refractivity contribution is 6.00. The maximum Gasteiger partial charge on any atom is 0.290 e. The summed E-state index contributed by atoms with van der Waals surface area (Å²) in [5.41, 5.74) is 9.26. The number of carbonyl (C=O) groups is 2. The predicted molar refractivity (Wildman–Crippen MR) is 113 cm³/mol. The molecule has 28 heavy (non-hydrogen) atoms. The molecule has 1 unspecified atom stereocenters. The SMILES string of the molecule is Cc1ccc(C)c2c(C)c(C(=O)N3CCCCC3CNC(=O)CCN)oc12.Cl. The minimum Gasteiger partial charge on any atom is -0.450 e. The third kappa shape index (κ3) is 4.33. The fraction of sp³-hybridized carbons (Fsp3) is 0.524. The van der Waals surface area contributed by atoms with Crippen molar-refractivity contribution in [3.63, 3.8) is 0 Å². The molecular weight excluding hydrogens is 378 g/mol. The van der Waals surface area contributed by atoms with Crippen molar-refractivity contribution in [3.8, 4) is 0 Å². The van der Waals surface area contributed by atoms with Gasteiger partial charge in [-0.1, -0.05) is 12.1 Å². The van der Waals surface area contributed by atoms with E-state index in [2.05, 4.69) is 11.4 Å². The number of hydrogen-bond donors (Lipinski definition) is 2. The van der Waals surface area contributed by atoms with Gasteiger partial charge < -0.3 is 20.4 Å². The molecule has 2 heterocycles. The lowest BCUT2D eigenvalue weighted by Crippen LogP contribution is -2.49. The Morgan fingerprint density at radius 3 is 2.61 bits per heavy atom. The lowest BCUT2D eigenvalue weighted by Gasteiger charge is -2.35. The number of piperidine rings is 1. The molecule has 0 spiro atoms. The van der Waals surface area contributed by atoms with Gasteiger partial charge in [0.1, 0.15) is 5.58 Å². The molecule has 0 bridgehead atoms. The normalized spacial score (nSPS) is 16.7. The van der Waals surface area contributed by atoms with E-state index in [0.717, 1.165) is 46.9 Å². The number of likely N-dealkylation sites (tertiary alicyclic amines) is 1. The maximum absolute atomic E-state index is 13.3. The minimum absolute atomic E-state index is 0. The molecule has 2 amide bonds. The fourth-order valence-electron chi connectivity index (χ4n) is 3.94. The zero-order valence-electron chi connectivity index (χ0n) is 16.8. The molecule has 0 aliphatic carbocycles. The number of amides is 2. The van der Waals surface area contributed by atoms with Gasteiger partial charge in [-0.2, -0.15) is 0 Å². The monoisotopic (exact) mass is 407 g/mol. The van der Waals surface area contributed by atoms with Crippen molar-refractivity contribution in [2.75, 3.05) is 19.6 Å². The van der Waals surface area contributed by atoms with Gasteiger partial charge in [0.15, 0.2) is 5.76 Å². The lowest BCUT2D eigenvalue weighted by atomic mass is 10.00. The van der Waals surface area contributed by atoms with Crippen molar-refractivity contribution in [2.45, 2.75) is 52.5 Å². The summed E-state index contributed by atoms with van der Waals surface area (Å²) < 4.78 is 6.04.